The zero-order chi connectivity index (χ0) is 90.8. The Morgan fingerprint density at radius 1 is 0.183 bits per heavy atom. The summed E-state index contributed by atoms with van der Waals surface area (Å²) in [6, 6.07) is -2.50. The monoisotopic (exact) mass is 1940 g/mol. The highest BCUT2D eigenvalue weighted by molar-refractivity contribution is 7.83. The average Bonchev–Trinajstić information content (AvgIpc) is 0.743. The lowest BCUT2D eigenvalue weighted by atomic mass is 9.83. The molecule has 6 atom stereocenters. The molecule has 72 heteroatoms. The molecule has 0 amide bonds. The first-order chi connectivity index (χ1) is 54.2. The summed E-state index contributed by atoms with van der Waals surface area (Å²) in [4.78, 5) is 91.2. The lowest BCUT2D eigenvalue weighted by Gasteiger charge is -2.47. The average molecular weight is 1950 g/mol. The fourth-order valence-corrected chi connectivity index (χ4v) is 13.2. The standard InChI is InChI=1S/C48H36O60S12/c49-43(19-3-25(98-110(58,59)60)13-26(4-19)99-111(61,62)63)91-37-38(92-44(50)20-5-27(100-112(64,65)66)14-28(6-20)101-113(67,68)69)40(94-46(52)22-9-31(104-116(76,77)78)16-32(10-22)105-117(79,80)81)42(96-48(54)35-2-1-24(97-109(55,56)57)18-36(35)108-120(88,89)90)41(95-47(53)23-11-33(106-118(82,83)84)17-34(12-23)107-119(85,86)87)39(37)93-45(51)21-7-29(102-114(70,71)72)15-30(8-21)103-115(73,74)75/h1-18,37-42H,(H,55,56,57)(H,58,59,60)(H,61,62,63)(H,64,65,66)(H,67,68,69)(H,70,71,72)(H,73,74,75)(H,76,77,78)(H,79,80,81)(H,82,83,84)(H,85,86,87)(H,88,89,90)/p-12/t37?,38-,39-,40-,41+,42?/m0/s1. The first kappa shape index (κ1) is 95.8. The second-order valence-electron chi connectivity index (χ2n) is 21.2. The van der Waals surface area contributed by atoms with Crippen molar-refractivity contribution in [3.05, 3.63) is 143 Å². The van der Waals surface area contributed by atoms with Gasteiger partial charge >= 0.3 is 35.8 Å². The van der Waals surface area contributed by atoms with Crippen LogP contribution in [0.4, 0.5) is 0 Å². The van der Waals surface area contributed by atoms with Gasteiger partial charge in [0, 0.05) is 36.4 Å². The van der Waals surface area contributed by atoms with E-state index in [0.717, 1.165) is 0 Å². The molecule has 0 N–H and O–H groups in total. The Labute approximate surface area is 667 Å². The van der Waals surface area contributed by atoms with E-state index in [1.54, 1.807) is 0 Å². The predicted molar refractivity (Wildman–Crippen MR) is 338 cm³/mol. The van der Waals surface area contributed by atoms with Gasteiger partial charge < -0.3 is 133 Å². The highest BCUT2D eigenvalue weighted by Gasteiger charge is 2.62. The van der Waals surface area contributed by atoms with Crippen molar-refractivity contribution in [2.45, 2.75) is 36.6 Å². The Balaban J connectivity index is 1.78. The summed E-state index contributed by atoms with van der Waals surface area (Å²) < 4.78 is 513. The molecular weight excluding hydrogens is 1920 g/mol. The van der Waals surface area contributed by atoms with Crippen molar-refractivity contribution in [1.29, 1.82) is 0 Å². The number of rotatable bonds is 36. The third-order valence-electron chi connectivity index (χ3n) is 12.5. The molecule has 1 saturated carbocycles. The van der Waals surface area contributed by atoms with Gasteiger partial charge in [0.05, 0.1) is 27.8 Å². The molecule has 0 spiro atoms. The number of benzene rings is 6. The molecule has 2 unspecified atom stereocenters. The van der Waals surface area contributed by atoms with Gasteiger partial charge in [-0.05, 0) is 72.8 Å². The number of carbonyl (C=O) groups is 6. The van der Waals surface area contributed by atoms with Crippen LogP contribution < -0.4 is 50.2 Å². The Kier molecular flexibility index (Phi) is 28.1. The van der Waals surface area contributed by atoms with Gasteiger partial charge in [-0.15, -0.1) is 0 Å². The molecule has 1 aliphatic carbocycles. The molecule has 1 aliphatic rings. The minimum absolute atomic E-state index is 0.0438. The van der Waals surface area contributed by atoms with Crippen LogP contribution in [0, 0.1) is 0 Å². The quantitative estimate of drug-likeness (QED) is 0.0153. The maximum atomic E-state index is 15.2. The van der Waals surface area contributed by atoms with Gasteiger partial charge in [-0.3, -0.25) is 0 Å². The largest absolute Gasteiger partial charge is 0.716 e. The Bertz CT molecular complexity index is 6110. The maximum absolute atomic E-state index is 15.2. The predicted octanol–water partition coefficient (Wildman–Crippen LogP) is -6.58. The van der Waals surface area contributed by atoms with Gasteiger partial charge in [0.25, 0.3) is 125 Å². The molecule has 0 heterocycles. The highest BCUT2D eigenvalue weighted by Crippen LogP contribution is 2.41. The number of carbonyl (C=O) groups excluding carboxylic acids is 6. The molecule has 0 aliphatic heterocycles. The number of hydrogen-bond acceptors (Lipinski definition) is 60. The van der Waals surface area contributed by atoms with Gasteiger partial charge in [0.1, 0.15) is 68.8 Å². The zero-order valence-electron chi connectivity index (χ0n) is 55.3. The zero-order valence-corrected chi connectivity index (χ0v) is 65.0. The first-order valence-electron chi connectivity index (χ1n) is 28.2. The molecule has 120 heavy (non-hydrogen) atoms. The van der Waals surface area contributed by atoms with Gasteiger partial charge in [-0.1, -0.05) is 0 Å². The first-order valence-corrected chi connectivity index (χ1v) is 44.2. The molecule has 0 aromatic heterocycles. The van der Waals surface area contributed by atoms with Crippen LogP contribution in [-0.2, 0) is 153 Å². The van der Waals surface area contributed by atoms with Gasteiger partial charge in [0.2, 0.25) is 0 Å². The van der Waals surface area contributed by atoms with E-state index < -0.39 is 300 Å². The smallest absolute Gasteiger partial charge is 0.342 e. The van der Waals surface area contributed by atoms with Crippen molar-refractivity contribution in [1.82, 2.24) is 0 Å². The third-order valence-corrected chi connectivity index (χ3v) is 17.3. The van der Waals surface area contributed by atoms with Gasteiger partial charge in [-0.25, -0.2) is 130 Å². The molecule has 6 aromatic rings. The van der Waals surface area contributed by atoms with E-state index in [1.165, 1.54) is 0 Å². The van der Waals surface area contributed by atoms with E-state index in [2.05, 4.69) is 50.2 Å². The summed E-state index contributed by atoms with van der Waals surface area (Å²) in [6.45, 7) is 0. The number of esters is 6. The van der Waals surface area contributed by atoms with Crippen LogP contribution in [0.3, 0.4) is 0 Å². The van der Waals surface area contributed by atoms with E-state index in [0.29, 0.717) is 0 Å². The van der Waals surface area contributed by atoms with Crippen LogP contribution in [0.25, 0.3) is 0 Å². The summed E-state index contributed by atoms with van der Waals surface area (Å²) >= 11 is 0. The molecule has 6 aromatic carbocycles. The minimum Gasteiger partial charge on any atom is -0.716 e. The van der Waals surface area contributed by atoms with Gasteiger partial charge in [0.15, 0.2) is 42.4 Å². The van der Waals surface area contributed by atoms with Crippen LogP contribution in [0.15, 0.2) is 109 Å². The molecule has 0 bridgehead atoms. The second-order valence-corrected chi connectivity index (χ2v) is 33.0. The van der Waals surface area contributed by atoms with Crippen molar-refractivity contribution in [3.63, 3.8) is 0 Å². The normalized spacial score (nSPS) is 17.0. The van der Waals surface area contributed by atoms with E-state index in [9.17, 15) is 156 Å². The summed E-state index contributed by atoms with van der Waals surface area (Å²) in [6.07, 6.45) is -24.2. The Morgan fingerprint density at radius 2 is 0.325 bits per heavy atom. The minimum atomic E-state index is -6.58. The number of ether oxygens (including phenoxy) is 6. The number of hydrogen-bond donors (Lipinski definition) is 0. The molecule has 1 fully saturated rings. The second kappa shape index (κ2) is 35.2. The van der Waals surface area contributed by atoms with E-state index in [-0.39, 0.29) is 109 Å². The van der Waals surface area contributed by atoms with Crippen LogP contribution in [0.1, 0.15) is 62.1 Å². The topological polar surface area (TPSA) is 955 Å². The molecule has 0 radical (unpaired) electrons. The van der Waals surface area contributed by atoms with Crippen molar-refractivity contribution in [2.75, 3.05) is 0 Å². The Morgan fingerprint density at radius 3 is 0.475 bits per heavy atom. The van der Waals surface area contributed by atoms with Crippen molar-refractivity contribution in [3.8, 4) is 69.0 Å². The van der Waals surface area contributed by atoms with Gasteiger partial charge in [-0.2, -0.15) is 0 Å². The molecule has 60 nitrogen and oxygen atoms in total. The van der Waals surface area contributed by atoms with Crippen LogP contribution in [-0.4, -0.2) is 228 Å². The van der Waals surface area contributed by atoms with Crippen molar-refractivity contribution in [2.24, 2.45) is 0 Å². The molecule has 0 saturated heterocycles. The maximum Gasteiger partial charge on any atom is 0.342 e. The highest BCUT2D eigenvalue weighted by atomic mass is 32.3. The van der Waals surface area contributed by atoms with E-state index >= 15 is 28.8 Å². The van der Waals surface area contributed by atoms with Crippen LogP contribution in [0.2, 0.25) is 0 Å². The van der Waals surface area contributed by atoms with E-state index in [4.69, 9.17) is 28.4 Å². The van der Waals surface area contributed by atoms with Crippen LogP contribution >= 0.6 is 0 Å². The molecule has 660 valence electrons. The lowest BCUT2D eigenvalue weighted by molar-refractivity contribution is -0.223. The Hall–Kier alpha value is -11.3. The summed E-state index contributed by atoms with van der Waals surface area (Å²) in [7, 11) is -76.0. The van der Waals surface area contributed by atoms with E-state index in [1.807, 2.05) is 0 Å². The molecular formula is C48H24O60S12-12. The third kappa shape index (κ3) is 31.7. The van der Waals surface area contributed by atoms with Crippen molar-refractivity contribution < 1.29 is 263 Å². The van der Waals surface area contributed by atoms with Crippen LogP contribution in [0.5, 0.6) is 69.0 Å². The summed E-state index contributed by atoms with van der Waals surface area (Å²) in [5.74, 6) is -37.8. The molecule has 7 rings (SSSR count). The fraction of sp³-hybridized carbons (Fsp3) is 0.125. The summed E-state index contributed by atoms with van der Waals surface area (Å²) in [5.41, 5.74) is -11.2. The van der Waals surface area contributed by atoms with Crippen molar-refractivity contribution >= 4 is 161 Å². The lowest BCUT2D eigenvalue weighted by Crippen LogP contribution is -2.69. The SMILES string of the molecule is O=C(OC1[C@H](OC(=O)c2cc(OS(=O)(=O)[O-])cc(OS(=O)(=O)[O-])c2)[C@H](OC(=O)c2cc(OS(=O)(=O)[O-])cc(OS(=O)(=O)[O-])c2)C(OC(=O)c2ccc(OS(=O)(=O)[O-])cc2OS(=O)(=O)[O-])[C@H](OC(=O)c2cc(OS(=O)(=O)[O-])cc(OS(=O)(=O)[O-])c2)[C@H]1OC(=O)c1cc(OS(=O)(=O)[O-])cc(OS(=O)(=O)[O-])c1)c1cc(OS(=O)(=O)[O-])cc(OS(=O)(=O)[O-])c1. The fourth-order valence-electron chi connectivity index (χ4n) is 9.20. The summed E-state index contributed by atoms with van der Waals surface area (Å²) in [5, 5.41) is 0.